The quantitative estimate of drug-likeness (QED) is 0.875. The topological polar surface area (TPSA) is 61.8 Å². The van der Waals surface area contributed by atoms with Crippen molar-refractivity contribution in [1.29, 1.82) is 0 Å². The van der Waals surface area contributed by atoms with Crippen LogP contribution in [0.25, 0.3) is 0 Å². The van der Waals surface area contributed by atoms with Gasteiger partial charge >= 0.3 is 0 Å². The molecule has 3 nitrogen and oxygen atoms in total. The SMILES string of the molecule is Cc1ccccc1[C@@H](C[NH3+])S(=O)(=O)c1ccc(F)cc1. The Morgan fingerprint density at radius 1 is 1.10 bits per heavy atom. The highest BCUT2D eigenvalue weighted by atomic mass is 32.2. The molecule has 0 amide bonds. The summed E-state index contributed by atoms with van der Waals surface area (Å²) in [6, 6.07) is 12.3. The van der Waals surface area contributed by atoms with Gasteiger partial charge in [-0.05, 0) is 42.3 Å². The molecule has 0 fully saturated rings. The van der Waals surface area contributed by atoms with E-state index < -0.39 is 20.9 Å². The third-order valence-electron chi connectivity index (χ3n) is 3.31. The van der Waals surface area contributed by atoms with E-state index in [0.29, 0.717) is 0 Å². The molecule has 0 aliphatic rings. The fraction of sp³-hybridized carbons (Fsp3) is 0.200. The standard InChI is InChI=1S/C15H16FNO2S/c1-11-4-2-3-5-14(11)15(10-17)20(18,19)13-8-6-12(16)7-9-13/h2-9,15H,10,17H2,1H3/p+1/t15-/m1/s1. The summed E-state index contributed by atoms with van der Waals surface area (Å²) in [5, 5.41) is -0.714. The molecule has 5 heteroatoms. The van der Waals surface area contributed by atoms with E-state index >= 15 is 0 Å². The Morgan fingerprint density at radius 2 is 1.70 bits per heavy atom. The maximum Gasteiger partial charge on any atom is 0.190 e. The number of quaternary nitrogens is 1. The zero-order valence-electron chi connectivity index (χ0n) is 11.2. The second-order valence-corrected chi connectivity index (χ2v) is 6.76. The van der Waals surface area contributed by atoms with Gasteiger partial charge in [-0.15, -0.1) is 0 Å². The third-order valence-corrected chi connectivity index (χ3v) is 5.48. The fourth-order valence-corrected chi connectivity index (χ4v) is 3.97. The lowest BCUT2D eigenvalue weighted by Crippen LogP contribution is -2.54. The van der Waals surface area contributed by atoms with Gasteiger partial charge in [-0.2, -0.15) is 0 Å². The van der Waals surface area contributed by atoms with E-state index in [1.165, 1.54) is 12.1 Å². The van der Waals surface area contributed by atoms with Crippen LogP contribution >= 0.6 is 0 Å². The zero-order chi connectivity index (χ0) is 14.8. The highest BCUT2D eigenvalue weighted by Crippen LogP contribution is 2.29. The van der Waals surface area contributed by atoms with Crippen molar-refractivity contribution in [3.05, 3.63) is 65.5 Å². The van der Waals surface area contributed by atoms with Gasteiger partial charge in [0.25, 0.3) is 0 Å². The summed E-state index contributed by atoms with van der Waals surface area (Å²) in [5.74, 6) is -0.453. The Labute approximate surface area is 118 Å². The van der Waals surface area contributed by atoms with Crippen LogP contribution in [0.1, 0.15) is 16.4 Å². The highest BCUT2D eigenvalue weighted by Gasteiger charge is 2.30. The van der Waals surface area contributed by atoms with Crippen molar-refractivity contribution in [2.45, 2.75) is 17.1 Å². The van der Waals surface area contributed by atoms with Crippen LogP contribution in [0.3, 0.4) is 0 Å². The molecule has 2 rings (SSSR count). The first-order valence-electron chi connectivity index (χ1n) is 6.31. The van der Waals surface area contributed by atoms with Gasteiger partial charge in [-0.1, -0.05) is 24.3 Å². The van der Waals surface area contributed by atoms with E-state index in [0.717, 1.165) is 23.3 Å². The lowest BCUT2D eigenvalue weighted by Gasteiger charge is -2.16. The van der Waals surface area contributed by atoms with Gasteiger partial charge in [-0.3, -0.25) is 0 Å². The number of hydrogen-bond donors (Lipinski definition) is 1. The lowest BCUT2D eigenvalue weighted by molar-refractivity contribution is -0.367. The molecule has 2 aromatic rings. The number of sulfone groups is 1. The minimum absolute atomic E-state index is 0.121. The molecule has 0 unspecified atom stereocenters. The second kappa shape index (κ2) is 5.73. The molecule has 2 aromatic carbocycles. The van der Waals surface area contributed by atoms with Gasteiger partial charge in [-0.25, -0.2) is 12.8 Å². The van der Waals surface area contributed by atoms with Crippen molar-refractivity contribution in [2.75, 3.05) is 6.54 Å². The van der Waals surface area contributed by atoms with Gasteiger partial charge in [0.1, 0.15) is 11.1 Å². The zero-order valence-corrected chi connectivity index (χ0v) is 12.0. The Kier molecular flexibility index (Phi) is 4.20. The molecule has 106 valence electrons. The largest absolute Gasteiger partial charge is 0.356 e. The Bertz CT molecular complexity index is 696. The summed E-state index contributed by atoms with van der Waals surface area (Å²) in [5.41, 5.74) is 5.41. The van der Waals surface area contributed by atoms with Crippen LogP contribution in [-0.4, -0.2) is 15.0 Å². The molecule has 0 spiro atoms. The van der Waals surface area contributed by atoms with Gasteiger partial charge in [0.15, 0.2) is 9.84 Å². The number of rotatable bonds is 4. The maximum absolute atomic E-state index is 12.9. The average molecular weight is 294 g/mol. The highest BCUT2D eigenvalue weighted by molar-refractivity contribution is 7.91. The normalized spacial score (nSPS) is 13.2. The molecule has 0 saturated carbocycles. The molecule has 1 atom stereocenters. The van der Waals surface area contributed by atoms with Gasteiger partial charge in [0.05, 0.1) is 11.4 Å². The fourth-order valence-electron chi connectivity index (χ4n) is 2.21. The number of halogens is 1. The van der Waals surface area contributed by atoms with Gasteiger partial charge in [0.2, 0.25) is 0 Å². The molecule has 0 aromatic heterocycles. The van der Waals surface area contributed by atoms with Crippen LogP contribution in [-0.2, 0) is 9.84 Å². The Morgan fingerprint density at radius 3 is 2.25 bits per heavy atom. The predicted molar refractivity (Wildman–Crippen MR) is 75.3 cm³/mol. The van der Waals surface area contributed by atoms with Gasteiger partial charge < -0.3 is 5.73 Å². The van der Waals surface area contributed by atoms with Crippen LogP contribution < -0.4 is 5.73 Å². The molecule has 0 heterocycles. The third kappa shape index (κ3) is 2.73. The number of benzene rings is 2. The van der Waals surface area contributed by atoms with E-state index in [4.69, 9.17) is 0 Å². The van der Waals surface area contributed by atoms with Crippen molar-refractivity contribution in [3.63, 3.8) is 0 Å². The van der Waals surface area contributed by atoms with Crippen molar-refractivity contribution in [1.82, 2.24) is 0 Å². The van der Waals surface area contributed by atoms with Crippen LogP contribution in [0.4, 0.5) is 4.39 Å². The first kappa shape index (κ1) is 14.7. The molecule has 20 heavy (non-hydrogen) atoms. The monoisotopic (exact) mass is 294 g/mol. The minimum Gasteiger partial charge on any atom is -0.356 e. The molecular formula is C15H17FNO2S+. The lowest BCUT2D eigenvalue weighted by atomic mass is 10.1. The first-order chi connectivity index (χ1) is 9.46. The summed E-state index contributed by atoms with van der Waals surface area (Å²) < 4.78 is 38.3. The van der Waals surface area contributed by atoms with E-state index in [2.05, 4.69) is 5.73 Å². The van der Waals surface area contributed by atoms with Crippen molar-refractivity contribution in [3.8, 4) is 0 Å². The molecule has 0 radical (unpaired) electrons. The summed E-state index contributed by atoms with van der Waals surface area (Å²) in [7, 11) is -3.57. The smallest absolute Gasteiger partial charge is 0.190 e. The number of hydrogen-bond acceptors (Lipinski definition) is 2. The van der Waals surface area contributed by atoms with Crippen molar-refractivity contribution < 1.29 is 18.5 Å². The van der Waals surface area contributed by atoms with Crippen LogP contribution in [0.15, 0.2) is 53.4 Å². The average Bonchev–Trinajstić information content (AvgIpc) is 2.42. The van der Waals surface area contributed by atoms with Crippen LogP contribution in [0.2, 0.25) is 0 Å². The summed E-state index contributed by atoms with van der Waals surface area (Å²) >= 11 is 0. The van der Waals surface area contributed by atoms with E-state index in [9.17, 15) is 12.8 Å². The molecule has 0 bridgehead atoms. The van der Waals surface area contributed by atoms with Crippen LogP contribution in [0.5, 0.6) is 0 Å². The first-order valence-corrected chi connectivity index (χ1v) is 7.85. The van der Waals surface area contributed by atoms with Crippen LogP contribution in [0, 0.1) is 12.7 Å². The second-order valence-electron chi connectivity index (χ2n) is 4.63. The summed E-state index contributed by atoms with van der Waals surface area (Å²) in [4.78, 5) is 0.121. The molecule has 3 N–H and O–H groups in total. The Hall–Kier alpha value is -1.72. The van der Waals surface area contributed by atoms with Crippen molar-refractivity contribution in [2.24, 2.45) is 0 Å². The molecule has 0 aliphatic heterocycles. The molecular weight excluding hydrogens is 277 g/mol. The Balaban J connectivity index is 2.51. The van der Waals surface area contributed by atoms with Crippen molar-refractivity contribution >= 4 is 9.84 Å². The van der Waals surface area contributed by atoms with E-state index in [1.807, 2.05) is 25.1 Å². The van der Waals surface area contributed by atoms with E-state index in [1.54, 1.807) is 6.07 Å². The number of aryl methyl sites for hydroxylation is 1. The minimum atomic E-state index is -3.57. The predicted octanol–water partition coefficient (Wildman–Crippen LogP) is 1.89. The summed E-state index contributed by atoms with van der Waals surface area (Å²) in [6.45, 7) is 2.10. The molecule has 0 saturated heterocycles. The molecule has 0 aliphatic carbocycles. The van der Waals surface area contributed by atoms with E-state index in [-0.39, 0.29) is 11.4 Å². The summed E-state index contributed by atoms with van der Waals surface area (Å²) in [6.07, 6.45) is 0. The van der Waals surface area contributed by atoms with Gasteiger partial charge in [0, 0.05) is 0 Å². The maximum atomic E-state index is 12.9.